The molecule has 182 valence electrons. The summed E-state index contributed by atoms with van der Waals surface area (Å²) in [6.07, 6.45) is 6.00. The minimum atomic E-state index is 0.0862. The molecule has 1 saturated heterocycles. The zero-order valence-corrected chi connectivity index (χ0v) is 21.2. The molecule has 0 bridgehead atoms. The Morgan fingerprint density at radius 2 is 1.49 bits per heavy atom. The van der Waals surface area contributed by atoms with E-state index in [0.29, 0.717) is 11.1 Å². The first-order chi connectivity index (χ1) is 17.2. The first-order valence-corrected chi connectivity index (χ1v) is 13.1. The monoisotopic (exact) mass is 486 g/mol. The zero-order valence-electron chi connectivity index (χ0n) is 20.4. The smallest absolute Gasteiger partial charge is 0.232 e. The third-order valence-corrected chi connectivity index (χ3v) is 7.18. The highest BCUT2D eigenvalue weighted by Gasteiger charge is 2.21. The van der Waals surface area contributed by atoms with Crippen LogP contribution in [0.2, 0.25) is 0 Å². The van der Waals surface area contributed by atoms with E-state index in [1.807, 2.05) is 18.2 Å². The number of nitrogens with zero attached hydrogens (tertiary/aromatic N) is 4. The number of benzene rings is 2. The fourth-order valence-electron chi connectivity index (χ4n) is 4.95. The van der Waals surface area contributed by atoms with E-state index < -0.39 is 0 Å². The lowest BCUT2D eigenvalue weighted by Gasteiger charge is -2.31. The molecule has 3 aromatic rings. The van der Waals surface area contributed by atoms with Gasteiger partial charge in [-0.05, 0) is 55.1 Å². The number of nitrogens with one attached hydrogen (secondary N) is 2. The largest absolute Gasteiger partial charge is 0.356 e. The van der Waals surface area contributed by atoms with Crippen molar-refractivity contribution in [2.24, 2.45) is 0 Å². The number of hydrogen-bond donors (Lipinski definition) is 2. The Bertz CT molecular complexity index is 1140. The van der Waals surface area contributed by atoms with Crippen LogP contribution in [0.5, 0.6) is 0 Å². The normalized spacial score (nSPS) is 16.7. The summed E-state index contributed by atoms with van der Waals surface area (Å²) in [6.45, 7) is 5.98. The molecule has 1 aromatic heterocycles. The van der Waals surface area contributed by atoms with Crippen molar-refractivity contribution in [3.8, 4) is 0 Å². The highest BCUT2D eigenvalue weighted by Crippen LogP contribution is 2.28. The minimum absolute atomic E-state index is 0.0862. The Hall–Kier alpha value is -3.19. The maximum Gasteiger partial charge on any atom is 0.232 e. The minimum Gasteiger partial charge on any atom is -0.356 e. The molecule has 2 aromatic carbocycles. The molecule has 0 aliphatic carbocycles. The number of thiocarbonyl (C=S) groups is 1. The van der Waals surface area contributed by atoms with Crippen LogP contribution in [-0.2, 0) is 13.0 Å². The standard InChI is InChI=1S/C28H34N6S/c1-21(22-11-5-4-6-12-22)29-28(35)32-27-30-25(33-16-9-2-3-10-17-33)19-26(31-27)34-18-15-23-13-7-8-14-24(23)20-34/h4-8,11-14,19,21H,2-3,9-10,15-18,20H2,1H3,(H2,29,30,31,32,35). The number of aromatic nitrogens is 2. The van der Waals surface area contributed by atoms with Gasteiger partial charge in [0.1, 0.15) is 11.6 Å². The highest BCUT2D eigenvalue weighted by atomic mass is 32.1. The van der Waals surface area contributed by atoms with Gasteiger partial charge in [-0.25, -0.2) is 0 Å². The molecule has 1 unspecified atom stereocenters. The number of rotatable bonds is 5. The number of fused-ring (bicyclic) bond motifs is 1. The van der Waals surface area contributed by atoms with Crippen LogP contribution >= 0.6 is 12.2 Å². The van der Waals surface area contributed by atoms with Crippen LogP contribution in [0.1, 0.15) is 55.3 Å². The third-order valence-electron chi connectivity index (χ3n) is 6.96. The molecule has 6 nitrogen and oxygen atoms in total. The van der Waals surface area contributed by atoms with Gasteiger partial charge in [-0.15, -0.1) is 0 Å². The van der Waals surface area contributed by atoms with E-state index in [1.54, 1.807) is 0 Å². The van der Waals surface area contributed by atoms with E-state index in [1.165, 1.54) is 42.4 Å². The van der Waals surface area contributed by atoms with Gasteiger partial charge in [0.2, 0.25) is 5.95 Å². The Labute approximate surface area is 213 Å². The van der Waals surface area contributed by atoms with Crippen LogP contribution < -0.4 is 20.4 Å². The molecular formula is C28H34N6S. The summed E-state index contributed by atoms with van der Waals surface area (Å²) < 4.78 is 0. The summed E-state index contributed by atoms with van der Waals surface area (Å²) in [6, 6.07) is 21.3. The summed E-state index contributed by atoms with van der Waals surface area (Å²) in [5.41, 5.74) is 3.99. The summed E-state index contributed by atoms with van der Waals surface area (Å²) in [7, 11) is 0. The molecule has 0 spiro atoms. The highest BCUT2D eigenvalue weighted by molar-refractivity contribution is 7.80. The summed E-state index contributed by atoms with van der Waals surface area (Å²) in [4.78, 5) is 14.6. The second-order valence-electron chi connectivity index (χ2n) is 9.48. The van der Waals surface area contributed by atoms with E-state index in [4.69, 9.17) is 22.2 Å². The molecular weight excluding hydrogens is 452 g/mol. The van der Waals surface area contributed by atoms with Crippen molar-refractivity contribution in [3.05, 3.63) is 77.4 Å². The SMILES string of the molecule is CC(NC(=S)Nc1nc(N2CCCCCC2)cc(N2CCc3ccccc3C2)n1)c1ccccc1. The van der Waals surface area contributed by atoms with Crippen LogP contribution in [0.3, 0.4) is 0 Å². The first-order valence-electron chi connectivity index (χ1n) is 12.7. The predicted molar refractivity (Wildman–Crippen MR) is 148 cm³/mol. The third kappa shape index (κ3) is 5.90. The molecule has 1 fully saturated rings. The molecule has 5 rings (SSSR count). The van der Waals surface area contributed by atoms with Gasteiger partial charge in [0.05, 0.1) is 6.04 Å². The number of hydrogen-bond acceptors (Lipinski definition) is 5. The van der Waals surface area contributed by atoms with E-state index in [-0.39, 0.29) is 6.04 Å². The van der Waals surface area contributed by atoms with Crippen molar-refractivity contribution in [1.29, 1.82) is 0 Å². The van der Waals surface area contributed by atoms with Crippen molar-refractivity contribution in [3.63, 3.8) is 0 Å². The molecule has 1 atom stereocenters. The van der Waals surface area contributed by atoms with E-state index in [9.17, 15) is 0 Å². The fourth-order valence-corrected chi connectivity index (χ4v) is 5.22. The zero-order chi connectivity index (χ0) is 24.0. The van der Waals surface area contributed by atoms with Crippen molar-refractivity contribution in [2.75, 3.05) is 34.8 Å². The Balaban J connectivity index is 1.38. The van der Waals surface area contributed by atoms with Crippen LogP contribution in [0.25, 0.3) is 0 Å². The van der Waals surface area contributed by atoms with Gasteiger partial charge in [0, 0.05) is 32.2 Å². The topological polar surface area (TPSA) is 56.3 Å². The van der Waals surface area contributed by atoms with Gasteiger partial charge in [-0.1, -0.05) is 67.4 Å². The second kappa shape index (κ2) is 11.0. The van der Waals surface area contributed by atoms with Gasteiger partial charge < -0.3 is 20.4 Å². The quantitative estimate of drug-likeness (QED) is 0.464. The molecule has 3 heterocycles. The maximum atomic E-state index is 5.66. The van der Waals surface area contributed by atoms with Gasteiger partial charge in [-0.2, -0.15) is 9.97 Å². The first kappa shape index (κ1) is 23.5. The molecule has 0 radical (unpaired) electrons. The molecule has 2 aliphatic rings. The lowest BCUT2D eigenvalue weighted by Crippen LogP contribution is -2.34. The molecule has 2 N–H and O–H groups in total. The van der Waals surface area contributed by atoms with E-state index in [0.717, 1.165) is 44.2 Å². The van der Waals surface area contributed by atoms with Gasteiger partial charge in [-0.3, -0.25) is 0 Å². The van der Waals surface area contributed by atoms with Crippen LogP contribution in [0.15, 0.2) is 60.7 Å². The molecule has 7 heteroatoms. The molecule has 35 heavy (non-hydrogen) atoms. The summed E-state index contributed by atoms with van der Waals surface area (Å²) >= 11 is 5.66. The van der Waals surface area contributed by atoms with Crippen LogP contribution in [0.4, 0.5) is 17.6 Å². The van der Waals surface area contributed by atoms with Crippen molar-refractivity contribution in [2.45, 2.75) is 51.6 Å². The second-order valence-corrected chi connectivity index (χ2v) is 9.89. The lowest BCUT2D eigenvalue weighted by molar-refractivity contribution is 0.714. The maximum absolute atomic E-state index is 5.66. The Kier molecular flexibility index (Phi) is 7.42. The van der Waals surface area contributed by atoms with E-state index >= 15 is 0 Å². The van der Waals surface area contributed by atoms with Gasteiger partial charge >= 0.3 is 0 Å². The molecule has 0 saturated carbocycles. The molecule has 2 aliphatic heterocycles. The predicted octanol–water partition coefficient (Wildman–Crippen LogP) is 5.47. The van der Waals surface area contributed by atoms with Crippen LogP contribution in [-0.4, -0.2) is 34.7 Å². The number of anilines is 3. The summed E-state index contributed by atoms with van der Waals surface area (Å²) in [5, 5.41) is 7.19. The van der Waals surface area contributed by atoms with Crippen LogP contribution in [0, 0.1) is 0 Å². The molecule has 0 amide bonds. The van der Waals surface area contributed by atoms with E-state index in [2.05, 4.69) is 69.8 Å². The van der Waals surface area contributed by atoms with Crippen molar-refractivity contribution in [1.82, 2.24) is 15.3 Å². The van der Waals surface area contributed by atoms with Gasteiger partial charge in [0.25, 0.3) is 0 Å². The Morgan fingerprint density at radius 1 is 0.829 bits per heavy atom. The lowest BCUT2D eigenvalue weighted by atomic mass is 10.00. The van der Waals surface area contributed by atoms with Crippen molar-refractivity contribution >= 4 is 34.9 Å². The summed E-state index contributed by atoms with van der Waals surface area (Å²) in [5.74, 6) is 2.49. The van der Waals surface area contributed by atoms with Crippen molar-refractivity contribution < 1.29 is 0 Å². The average molecular weight is 487 g/mol. The fraction of sp³-hybridized carbons (Fsp3) is 0.393. The Morgan fingerprint density at radius 3 is 2.23 bits per heavy atom. The van der Waals surface area contributed by atoms with Gasteiger partial charge in [0.15, 0.2) is 5.11 Å². The average Bonchev–Trinajstić information content (AvgIpc) is 3.18.